The molecule has 3 amide bonds. The van der Waals surface area contributed by atoms with Gasteiger partial charge in [-0.25, -0.2) is 4.79 Å². The maximum Gasteiger partial charge on any atom is 0.339 e. The Morgan fingerprint density at radius 3 is 2.44 bits per heavy atom. The third kappa shape index (κ3) is 6.04. The zero-order chi connectivity index (χ0) is 25.0. The second kappa shape index (κ2) is 11.1. The molecule has 0 aromatic heterocycles. The summed E-state index contributed by atoms with van der Waals surface area (Å²) in [4.78, 5) is 50.4. The van der Waals surface area contributed by atoms with Crippen molar-refractivity contribution < 1.29 is 29.0 Å². The summed E-state index contributed by atoms with van der Waals surface area (Å²) in [7, 11) is 0. The number of carbonyl (C=O) groups is 4. The van der Waals surface area contributed by atoms with Gasteiger partial charge in [-0.3, -0.25) is 19.3 Å². The van der Waals surface area contributed by atoms with E-state index in [0.717, 1.165) is 4.90 Å². The predicted octanol–water partition coefficient (Wildman–Crippen LogP) is 5.59. The van der Waals surface area contributed by atoms with Crippen LogP contribution in [0.1, 0.15) is 29.3 Å². The van der Waals surface area contributed by atoms with Crippen LogP contribution in [0, 0.1) is 0 Å². The highest BCUT2D eigenvalue weighted by atomic mass is 35.5. The lowest BCUT2D eigenvalue weighted by molar-refractivity contribution is -0.127. The third-order valence-corrected chi connectivity index (χ3v) is 6.23. The first kappa shape index (κ1) is 25.9. The van der Waals surface area contributed by atoms with Crippen LogP contribution in [0.3, 0.4) is 0 Å². The molecule has 0 atom stereocenters. The Hall–Kier alpha value is -2.72. The fourth-order valence-corrected chi connectivity index (χ4v) is 4.37. The molecular weight excluding hydrogens is 527 g/mol. The van der Waals surface area contributed by atoms with Crippen LogP contribution in [0.2, 0.25) is 15.1 Å². The van der Waals surface area contributed by atoms with Crippen LogP contribution < -0.4 is 5.32 Å². The van der Waals surface area contributed by atoms with Crippen LogP contribution >= 0.6 is 46.6 Å². The van der Waals surface area contributed by atoms with Gasteiger partial charge in [0, 0.05) is 5.69 Å². The molecule has 2 aromatic carbocycles. The monoisotopic (exact) mass is 542 g/mol. The summed E-state index contributed by atoms with van der Waals surface area (Å²) in [6, 6.07) is 7.02. The number of aromatic hydroxyl groups is 1. The number of imide groups is 1. The molecule has 12 heteroatoms. The number of anilines is 1. The minimum Gasteiger partial charge on any atom is -0.505 e. The molecule has 34 heavy (non-hydrogen) atoms. The van der Waals surface area contributed by atoms with Crippen LogP contribution in [-0.2, 0) is 14.3 Å². The van der Waals surface area contributed by atoms with Gasteiger partial charge in [-0.05, 0) is 60.2 Å². The van der Waals surface area contributed by atoms with Crippen molar-refractivity contribution in [2.24, 2.45) is 0 Å². The number of rotatable bonds is 7. The van der Waals surface area contributed by atoms with Gasteiger partial charge < -0.3 is 15.2 Å². The summed E-state index contributed by atoms with van der Waals surface area (Å²) in [6.07, 6.45) is 2.02. The molecule has 178 valence electrons. The Morgan fingerprint density at radius 2 is 1.79 bits per heavy atom. The van der Waals surface area contributed by atoms with Gasteiger partial charge in [0.2, 0.25) is 5.91 Å². The van der Waals surface area contributed by atoms with Crippen molar-refractivity contribution in [1.29, 1.82) is 0 Å². The number of hydrogen-bond acceptors (Lipinski definition) is 7. The lowest BCUT2D eigenvalue weighted by Crippen LogP contribution is -2.36. The summed E-state index contributed by atoms with van der Waals surface area (Å²) < 4.78 is 5.06. The number of nitrogens with one attached hydrogen (secondary N) is 1. The van der Waals surface area contributed by atoms with E-state index in [9.17, 15) is 24.3 Å². The average molecular weight is 544 g/mol. The summed E-state index contributed by atoms with van der Waals surface area (Å²) >= 11 is 18.5. The number of halogens is 3. The molecule has 0 aliphatic carbocycles. The molecule has 1 aliphatic rings. The normalized spacial score (nSPS) is 14.6. The van der Waals surface area contributed by atoms with Crippen molar-refractivity contribution in [2.45, 2.75) is 13.3 Å². The molecule has 0 saturated carbocycles. The standard InChI is InChI=1S/C22H17Cl3N2O6S/c1-2-5-33-21(31)13-9-12(3-4-14(13)23)26-18(28)10-27-20(30)17(34-22(27)32)8-11-6-15(24)19(29)16(25)7-11/h3-4,6-9,29H,2,5,10H2,1H3,(H,26,28)/b17-8-. The average Bonchev–Trinajstić information content (AvgIpc) is 3.04. The first-order valence-corrected chi connectivity index (χ1v) is 11.8. The van der Waals surface area contributed by atoms with Crippen molar-refractivity contribution >= 4 is 81.4 Å². The van der Waals surface area contributed by atoms with Gasteiger partial charge in [-0.1, -0.05) is 41.7 Å². The van der Waals surface area contributed by atoms with E-state index in [1.807, 2.05) is 6.92 Å². The molecule has 2 N–H and O–H groups in total. The van der Waals surface area contributed by atoms with Crippen molar-refractivity contribution in [1.82, 2.24) is 4.90 Å². The number of nitrogens with zero attached hydrogens (tertiary/aromatic N) is 1. The van der Waals surface area contributed by atoms with Crippen molar-refractivity contribution in [3.63, 3.8) is 0 Å². The number of phenols is 1. The Bertz CT molecular complexity index is 1190. The number of esters is 1. The van der Waals surface area contributed by atoms with E-state index in [4.69, 9.17) is 39.5 Å². The van der Waals surface area contributed by atoms with Gasteiger partial charge in [0.1, 0.15) is 6.54 Å². The molecule has 1 saturated heterocycles. The molecule has 0 spiro atoms. The van der Waals surface area contributed by atoms with E-state index >= 15 is 0 Å². The molecule has 2 aromatic rings. The summed E-state index contributed by atoms with van der Waals surface area (Å²) in [5.41, 5.74) is 0.716. The lowest BCUT2D eigenvalue weighted by Gasteiger charge is -2.13. The van der Waals surface area contributed by atoms with Gasteiger partial charge >= 0.3 is 5.97 Å². The highest BCUT2D eigenvalue weighted by Crippen LogP contribution is 2.36. The molecule has 1 heterocycles. The first-order chi connectivity index (χ1) is 16.1. The van der Waals surface area contributed by atoms with Crippen LogP contribution in [0.25, 0.3) is 6.08 Å². The van der Waals surface area contributed by atoms with Crippen LogP contribution in [0.5, 0.6) is 5.75 Å². The number of benzene rings is 2. The minimum atomic E-state index is -0.676. The van der Waals surface area contributed by atoms with Gasteiger partial charge in [-0.2, -0.15) is 0 Å². The van der Waals surface area contributed by atoms with E-state index in [1.54, 1.807) is 0 Å². The highest BCUT2D eigenvalue weighted by Gasteiger charge is 2.36. The van der Waals surface area contributed by atoms with Crippen LogP contribution in [0.4, 0.5) is 10.5 Å². The Balaban J connectivity index is 1.70. The van der Waals surface area contributed by atoms with E-state index in [-0.39, 0.29) is 43.6 Å². The molecule has 1 fully saturated rings. The van der Waals surface area contributed by atoms with Crippen LogP contribution in [0.15, 0.2) is 35.2 Å². The highest BCUT2D eigenvalue weighted by molar-refractivity contribution is 8.18. The van der Waals surface area contributed by atoms with Crippen molar-refractivity contribution in [3.8, 4) is 5.75 Å². The molecular formula is C22H17Cl3N2O6S. The second-order valence-electron chi connectivity index (χ2n) is 6.98. The number of ether oxygens (including phenoxy) is 1. The van der Waals surface area contributed by atoms with Crippen molar-refractivity contribution in [3.05, 3.63) is 61.4 Å². The van der Waals surface area contributed by atoms with E-state index in [2.05, 4.69) is 5.32 Å². The topological polar surface area (TPSA) is 113 Å². The number of carbonyl (C=O) groups excluding carboxylic acids is 4. The molecule has 0 bridgehead atoms. The van der Waals surface area contributed by atoms with Gasteiger partial charge in [0.25, 0.3) is 11.1 Å². The van der Waals surface area contributed by atoms with Crippen LogP contribution in [-0.4, -0.2) is 46.2 Å². The molecule has 3 rings (SSSR count). The molecule has 0 unspecified atom stereocenters. The molecule has 8 nitrogen and oxygen atoms in total. The number of thioether (sulfide) groups is 1. The fraction of sp³-hybridized carbons (Fsp3) is 0.182. The smallest absolute Gasteiger partial charge is 0.339 e. The Kier molecular flexibility index (Phi) is 8.48. The molecule has 0 radical (unpaired) electrons. The summed E-state index contributed by atoms with van der Waals surface area (Å²) in [6.45, 7) is 1.53. The third-order valence-electron chi connectivity index (χ3n) is 4.42. The lowest BCUT2D eigenvalue weighted by atomic mass is 10.2. The number of phenolic OH excluding ortho intramolecular Hbond substituents is 1. The quantitative estimate of drug-likeness (QED) is 0.345. The zero-order valence-corrected chi connectivity index (χ0v) is 20.6. The first-order valence-electron chi connectivity index (χ1n) is 9.80. The number of amides is 3. The summed E-state index contributed by atoms with van der Waals surface area (Å²) in [5, 5.41) is 11.7. The summed E-state index contributed by atoms with van der Waals surface area (Å²) in [5.74, 6) is -2.26. The maximum absolute atomic E-state index is 12.7. The SMILES string of the molecule is CCCOC(=O)c1cc(NC(=O)CN2C(=O)S/C(=C\c3cc(Cl)c(O)c(Cl)c3)C2=O)ccc1Cl. The van der Waals surface area contributed by atoms with Gasteiger partial charge in [-0.15, -0.1) is 0 Å². The van der Waals surface area contributed by atoms with E-state index in [0.29, 0.717) is 23.7 Å². The Morgan fingerprint density at radius 1 is 1.12 bits per heavy atom. The zero-order valence-electron chi connectivity index (χ0n) is 17.6. The number of hydrogen-bond donors (Lipinski definition) is 2. The minimum absolute atomic E-state index is 0.0155. The molecule has 1 aliphatic heterocycles. The Labute approximate surface area is 213 Å². The largest absolute Gasteiger partial charge is 0.505 e. The predicted molar refractivity (Wildman–Crippen MR) is 131 cm³/mol. The van der Waals surface area contributed by atoms with Crippen molar-refractivity contribution in [2.75, 3.05) is 18.5 Å². The van der Waals surface area contributed by atoms with Gasteiger partial charge in [0.05, 0.1) is 32.1 Å². The van der Waals surface area contributed by atoms with E-state index in [1.165, 1.54) is 36.4 Å². The maximum atomic E-state index is 12.7. The van der Waals surface area contributed by atoms with E-state index < -0.39 is 29.6 Å². The van der Waals surface area contributed by atoms with Gasteiger partial charge in [0.15, 0.2) is 5.75 Å². The second-order valence-corrected chi connectivity index (χ2v) is 9.19. The fourth-order valence-electron chi connectivity index (χ4n) is 2.83.